The van der Waals surface area contributed by atoms with Gasteiger partial charge in [0.2, 0.25) is 0 Å². The molecular weight excluding hydrogens is 206 g/mol. The van der Waals surface area contributed by atoms with E-state index in [0.717, 1.165) is 5.39 Å². The zero-order valence-corrected chi connectivity index (χ0v) is 8.33. The Labute approximate surface area is 90.6 Å². The number of phenols is 1. The van der Waals surface area contributed by atoms with E-state index in [1.165, 1.54) is 0 Å². The number of phenolic OH excluding ortho intramolecular Hbond substituents is 1. The van der Waals surface area contributed by atoms with E-state index in [4.69, 9.17) is 5.11 Å². The van der Waals surface area contributed by atoms with E-state index in [9.17, 15) is 5.11 Å². The van der Waals surface area contributed by atoms with Gasteiger partial charge in [0.25, 0.3) is 0 Å². The summed E-state index contributed by atoms with van der Waals surface area (Å²) in [6.45, 7) is -0.214. The van der Waals surface area contributed by atoms with Gasteiger partial charge < -0.3 is 10.2 Å². The molecule has 0 bridgehead atoms. The molecule has 0 spiro atoms. The molecule has 5 heteroatoms. The van der Waals surface area contributed by atoms with Crippen molar-refractivity contribution in [1.29, 1.82) is 0 Å². The molecule has 0 fully saturated rings. The van der Waals surface area contributed by atoms with Crippen molar-refractivity contribution in [2.24, 2.45) is 0 Å². The average Bonchev–Trinajstić information content (AvgIpc) is 2.72. The second kappa shape index (κ2) is 3.18. The molecule has 80 valence electrons. The molecule has 2 heterocycles. The Bertz CT molecular complexity index is 675. The molecule has 1 aromatic carbocycles. The predicted molar refractivity (Wildman–Crippen MR) is 58.1 cm³/mol. The average molecular weight is 215 g/mol. The number of para-hydroxylation sites is 1. The number of aliphatic hydroxyl groups excluding tert-OH is 1. The van der Waals surface area contributed by atoms with Crippen LogP contribution >= 0.6 is 0 Å². The highest BCUT2D eigenvalue weighted by Gasteiger charge is 2.10. The molecule has 0 radical (unpaired) electrons. The van der Waals surface area contributed by atoms with E-state index in [-0.39, 0.29) is 12.4 Å². The number of aromatic nitrogens is 3. The number of benzene rings is 1. The maximum Gasteiger partial charge on any atom is 0.163 e. The number of hydrogen-bond donors (Lipinski definition) is 2. The van der Waals surface area contributed by atoms with Gasteiger partial charge >= 0.3 is 0 Å². The molecule has 0 amide bonds. The van der Waals surface area contributed by atoms with E-state index in [0.29, 0.717) is 17.0 Å². The van der Waals surface area contributed by atoms with Crippen molar-refractivity contribution in [1.82, 2.24) is 14.6 Å². The van der Waals surface area contributed by atoms with Gasteiger partial charge in [0.05, 0.1) is 5.52 Å². The molecule has 0 saturated carbocycles. The largest absolute Gasteiger partial charge is 0.506 e. The van der Waals surface area contributed by atoms with Crippen LogP contribution in [0.3, 0.4) is 0 Å². The predicted octanol–water partition coefficient (Wildman–Crippen LogP) is 1.08. The van der Waals surface area contributed by atoms with Crippen molar-refractivity contribution in [3.8, 4) is 5.75 Å². The normalized spacial score (nSPS) is 11.3. The summed E-state index contributed by atoms with van der Waals surface area (Å²) in [5.74, 6) is 0.569. The first-order valence-electron chi connectivity index (χ1n) is 4.87. The molecule has 0 aliphatic rings. The third-order valence-corrected chi connectivity index (χ3v) is 2.58. The topological polar surface area (TPSA) is 70.7 Å². The number of nitrogens with zero attached hydrogens (tertiary/aromatic N) is 3. The van der Waals surface area contributed by atoms with Crippen LogP contribution < -0.4 is 0 Å². The molecule has 0 aliphatic heterocycles. The molecule has 2 N–H and O–H groups in total. The summed E-state index contributed by atoms with van der Waals surface area (Å²) in [6, 6.07) is 8.92. The Balaban J connectivity index is 2.60. The molecule has 16 heavy (non-hydrogen) atoms. The Kier molecular flexibility index (Phi) is 1.81. The highest BCUT2D eigenvalue weighted by molar-refractivity contribution is 5.87. The summed E-state index contributed by atoms with van der Waals surface area (Å²) in [5, 5.41) is 27.7. The van der Waals surface area contributed by atoms with Gasteiger partial charge in [-0.3, -0.25) is 4.40 Å². The van der Waals surface area contributed by atoms with Gasteiger partial charge in [0.1, 0.15) is 12.4 Å². The van der Waals surface area contributed by atoms with Gasteiger partial charge in [0.15, 0.2) is 11.5 Å². The first-order chi connectivity index (χ1) is 7.81. The van der Waals surface area contributed by atoms with Crippen molar-refractivity contribution >= 4 is 16.6 Å². The SMILES string of the molecule is OCc1nnc2ccc3cccc(O)c3n12. The first-order valence-corrected chi connectivity index (χ1v) is 4.87. The van der Waals surface area contributed by atoms with Crippen LogP contribution in [0.1, 0.15) is 5.82 Å². The van der Waals surface area contributed by atoms with Crippen LogP contribution in [-0.2, 0) is 6.61 Å². The first kappa shape index (κ1) is 9.11. The zero-order valence-electron chi connectivity index (χ0n) is 8.33. The van der Waals surface area contributed by atoms with Gasteiger partial charge in [-0.1, -0.05) is 12.1 Å². The fourth-order valence-electron chi connectivity index (χ4n) is 1.88. The standard InChI is InChI=1S/C11H9N3O2/c15-6-10-13-12-9-5-4-7-2-1-3-8(16)11(7)14(9)10/h1-5,15-16H,6H2. The van der Waals surface area contributed by atoms with E-state index in [1.54, 1.807) is 22.6 Å². The minimum absolute atomic E-state index is 0.151. The van der Waals surface area contributed by atoms with Crippen LogP contribution in [0.15, 0.2) is 30.3 Å². The lowest BCUT2D eigenvalue weighted by Gasteiger charge is -2.05. The van der Waals surface area contributed by atoms with E-state index in [1.807, 2.05) is 12.1 Å². The lowest BCUT2D eigenvalue weighted by atomic mass is 10.2. The lowest BCUT2D eigenvalue weighted by molar-refractivity contribution is 0.270. The molecule has 0 unspecified atom stereocenters. The quantitative estimate of drug-likeness (QED) is 0.637. The summed E-state index contributed by atoms with van der Waals surface area (Å²) in [7, 11) is 0. The Morgan fingerprint density at radius 1 is 1.12 bits per heavy atom. The second-order valence-corrected chi connectivity index (χ2v) is 3.52. The number of rotatable bonds is 1. The van der Waals surface area contributed by atoms with Gasteiger partial charge in [-0.15, -0.1) is 10.2 Å². The fourth-order valence-corrected chi connectivity index (χ4v) is 1.88. The van der Waals surface area contributed by atoms with Crippen LogP contribution in [0.4, 0.5) is 0 Å². The maximum atomic E-state index is 9.85. The van der Waals surface area contributed by atoms with Gasteiger partial charge in [0, 0.05) is 5.39 Å². The zero-order chi connectivity index (χ0) is 11.1. The number of fused-ring (bicyclic) bond motifs is 3. The maximum absolute atomic E-state index is 9.85. The highest BCUT2D eigenvalue weighted by Crippen LogP contribution is 2.25. The van der Waals surface area contributed by atoms with Crippen LogP contribution in [0.25, 0.3) is 16.6 Å². The van der Waals surface area contributed by atoms with Crippen LogP contribution in [0.5, 0.6) is 5.75 Å². The third-order valence-electron chi connectivity index (χ3n) is 2.58. The van der Waals surface area contributed by atoms with Crippen LogP contribution in [0, 0.1) is 0 Å². The minimum atomic E-state index is -0.214. The molecule has 3 aromatic rings. The molecule has 0 saturated heterocycles. The summed E-state index contributed by atoms with van der Waals surface area (Å²) in [4.78, 5) is 0. The number of aliphatic hydroxyl groups is 1. The van der Waals surface area contributed by atoms with E-state index in [2.05, 4.69) is 10.2 Å². The Morgan fingerprint density at radius 2 is 2.00 bits per heavy atom. The van der Waals surface area contributed by atoms with Crippen molar-refractivity contribution in [2.45, 2.75) is 6.61 Å². The van der Waals surface area contributed by atoms with Crippen molar-refractivity contribution in [3.63, 3.8) is 0 Å². The van der Waals surface area contributed by atoms with E-state index < -0.39 is 0 Å². The fraction of sp³-hybridized carbons (Fsp3) is 0.0909. The van der Waals surface area contributed by atoms with Crippen molar-refractivity contribution < 1.29 is 10.2 Å². The molecule has 5 nitrogen and oxygen atoms in total. The van der Waals surface area contributed by atoms with Gasteiger partial charge in [-0.05, 0) is 18.2 Å². The molecule has 0 aliphatic carbocycles. The number of pyridine rings is 1. The van der Waals surface area contributed by atoms with Crippen LogP contribution in [0.2, 0.25) is 0 Å². The van der Waals surface area contributed by atoms with Crippen molar-refractivity contribution in [3.05, 3.63) is 36.2 Å². The molecule has 3 rings (SSSR count). The Morgan fingerprint density at radius 3 is 2.81 bits per heavy atom. The Hall–Kier alpha value is -2.14. The minimum Gasteiger partial charge on any atom is -0.506 e. The second-order valence-electron chi connectivity index (χ2n) is 3.52. The summed E-state index contributed by atoms with van der Waals surface area (Å²) < 4.78 is 1.66. The number of hydrogen-bond acceptors (Lipinski definition) is 4. The summed E-state index contributed by atoms with van der Waals surface area (Å²) >= 11 is 0. The third kappa shape index (κ3) is 1.09. The van der Waals surface area contributed by atoms with Crippen LogP contribution in [-0.4, -0.2) is 24.8 Å². The highest BCUT2D eigenvalue weighted by atomic mass is 16.3. The molecular formula is C11H9N3O2. The summed E-state index contributed by atoms with van der Waals surface area (Å²) in [5.41, 5.74) is 1.23. The molecule has 2 aromatic heterocycles. The molecule has 0 atom stereocenters. The van der Waals surface area contributed by atoms with Gasteiger partial charge in [-0.25, -0.2) is 0 Å². The van der Waals surface area contributed by atoms with Gasteiger partial charge in [-0.2, -0.15) is 0 Å². The summed E-state index contributed by atoms with van der Waals surface area (Å²) in [6.07, 6.45) is 0. The van der Waals surface area contributed by atoms with Crippen molar-refractivity contribution in [2.75, 3.05) is 0 Å². The monoisotopic (exact) mass is 215 g/mol. The lowest BCUT2D eigenvalue weighted by Crippen LogP contribution is -1.96. The van der Waals surface area contributed by atoms with E-state index >= 15 is 0 Å². The number of aromatic hydroxyl groups is 1. The smallest absolute Gasteiger partial charge is 0.163 e.